The molecule has 2 aromatic heterocycles. The van der Waals surface area contributed by atoms with Crippen LogP contribution in [0.15, 0.2) is 29.2 Å². The van der Waals surface area contributed by atoms with Crippen molar-refractivity contribution >= 4 is 57.9 Å². The summed E-state index contributed by atoms with van der Waals surface area (Å²) in [6.07, 6.45) is 0.116. The van der Waals surface area contributed by atoms with Crippen LogP contribution in [0.5, 0.6) is 5.75 Å². The van der Waals surface area contributed by atoms with Gasteiger partial charge in [-0.2, -0.15) is 0 Å². The van der Waals surface area contributed by atoms with E-state index in [1.54, 1.807) is 12.3 Å². The second-order valence-corrected chi connectivity index (χ2v) is 6.86. The highest BCUT2D eigenvalue weighted by molar-refractivity contribution is 6.39. The Morgan fingerprint density at radius 3 is 2.59 bits per heavy atom. The lowest BCUT2D eigenvalue weighted by Crippen LogP contribution is -2.38. The summed E-state index contributed by atoms with van der Waals surface area (Å²) in [6, 6.07) is 3.63. The average molecular weight is 443 g/mol. The first-order valence-electron chi connectivity index (χ1n) is 8.20. The van der Waals surface area contributed by atoms with Crippen LogP contribution in [0, 0.1) is 0 Å². The van der Waals surface area contributed by atoms with Gasteiger partial charge >= 0.3 is 6.36 Å². The number of pyridine rings is 2. The molecule has 0 radical (unpaired) electrons. The van der Waals surface area contributed by atoms with E-state index in [1.807, 2.05) is 6.08 Å². The highest BCUT2D eigenvalue weighted by Crippen LogP contribution is 2.37. The van der Waals surface area contributed by atoms with Gasteiger partial charge in [-0.3, -0.25) is 4.79 Å². The number of H-pyrrole nitrogens is 1. The van der Waals surface area contributed by atoms with Gasteiger partial charge in [0.2, 0.25) is 0 Å². The van der Waals surface area contributed by atoms with Crippen LogP contribution in [0.2, 0.25) is 10.0 Å². The molecule has 3 aromatic rings. The van der Waals surface area contributed by atoms with Crippen LogP contribution in [-0.2, 0) is 0 Å². The maximum Gasteiger partial charge on any atom is 0.573 e. The predicted octanol–water partition coefficient (Wildman–Crippen LogP) is 2.99. The Morgan fingerprint density at radius 1 is 1.17 bits per heavy atom. The van der Waals surface area contributed by atoms with E-state index < -0.39 is 12.1 Å². The Labute approximate surface area is 170 Å². The van der Waals surface area contributed by atoms with E-state index >= 15 is 0 Å². The van der Waals surface area contributed by atoms with Gasteiger partial charge in [0.05, 0.1) is 26.6 Å². The van der Waals surface area contributed by atoms with Gasteiger partial charge in [0.1, 0.15) is 11.6 Å². The fraction of sp³-hybridized carbons (Fsp3) is 0.111. The van der Waals surface area contributed by atoms with Gasteiger partial charge in [-0.1, -0.05) is 29.3 Å². The number of nitrogens with one attached hydrogen (secondary N) is 3. The summed E-state index contributed by atoms with van der Waals surface area (Å²) in [6.45, 7) is 0.499. The number of hydrogen-bond acceptors (Lipinski definition) is 5. The lowest BCUT2D eigenvalue weighted by atomic mass is 10.1. The van der Waals surface area contributed by atoms with Crippen LogP contribution in [0.3, 0.4) is 0 Å². The summed E-state index contributed by atoms with van der Waals surface area (Å²) in [5.74, 6) is -0.189. The highest BCUT2D eigenvalue weighted by atomic mass is 35.5. The first kappa shape index (κ1) is 19.4. The lowest BCUT2D eigenvalue weighted by Gasteiger charge is -2.15. The van der Waals surface area contributed by atoms with Crippen molar-refractivity contribution in [3.05, 3.63) is 55.2 Å². The van der Waals surface area contributed by atoms with E-state index in [0.717, 1.165) is 12.1 Å². The topological polar surface area (TPSA) is 79.0 Å². The van der Waals surface area contributed by atoms with Gasteiger partial charge in [-0.25, -0.2) is 4.98 Å². The van der Waals surface area contributed by atoms with Gasteiger partial charge in [-0.05, 0) is 6.07 Å². The third kappa shape index (κ3) is 3.83. The monoisotopic (exact) mass is 442 g/mol. The number of aromatic amines is 1. The van der Waals surface area contributed by atoms with Gasteiger partial charge < -0.3 is 20.4 Å². The fourth-order valence-corrected chi connectivity index (χ4v) is 3.58. The van der Waals surface area contributed by atoms with Gasteiger partial charge in [-0.15, -0.1) is 13.2 Å². The third-order valence-electron chi connectivity index (χ3n) is 4.15. The minimum atomic E-state index is -4.87. The van der Waals surface area contributed by atoms with Crippen molar-refractivity contribution in [3.63, 3.8) is 0 Å². The minimum absolute atomic E-state index is 0.0868. The number of hydrogen-bond donors (Lipinski definition) is 3. The normalized spacial score (nSPS) is 13.1. The summed E-state index contributed by atoms with van der Waals surface area (Å²) in [5, 5.41) is 7.49. The molecule has 0 amide bonds. The molecule has 0 unspecified atom stereocenters. The molecule has 1 aliphatic heterocycles. The second kappa shape index (κ2) is 7.16. The second-order valence-electron chi connectivity index (χ2n) is 6.05. The molecule has 0 spiro atoms. The Balaban J connectivity index is 1.85. The zero-order valence-electron chi connectivity index (χ0n) is 14.3. The van der Waals surface area contributed by atoms with E-state index in [1.165, 1.54) is 6.20 Å². The molecule has 0 saturated heterocycles. The molecule has 6 nitrogen and oxygen atoms in total. The van der Waals surface area contributed by atoms with Gasteiger partial charge in [0.25, 0.3) is 5.56 Å². The molecule has 0 bridgehead atoms. The number of rotatable bonds is 3. The van der Waals surface area contributed by atoms with E-state index in [0.29, 0.717) is 33.7 Å². The Morgan fingerprint density at radius 2 is 1.90 bits per heavy atom. The van der Waals surface area contributed by atoms with E-state index in [-0.39, 0.29) is 21.3 Å². The summed E-state index contributed by atoms with van der Waals surface area (Å²) < 4.78 is 41.2. The van der Waals surface area contributed by atoms with Crippen LogP contribution in [0.1, 0.15) is 0 Å². The zero-order chi connectivity index (χ0) is 20.8. The smallest absolute Gasteiger partial charge is 0.406 e. The quantitative estimate of drug-likeness (QED) is 0.581. The van der Waals surface area contributed by atoms with E-state index in [9.17, 15) is 18.0 Å². The molecule has 1 aliphatic rings. The molecular weight excluding hydrogens is 432 g/mol. The average Bonchev–Trinajstić information content (AvgIpc) is 2.63. The summed E-state index contributed by atoms with van der Waals surface area (Å²) >= 11 is 12.3. The van der Waals surface area contributed by atoms with Crippen molar-refractivity contribution in [2.24, 2.45) is 0 Å². The first-order chi connectivity index (χ1) is 13.7. The SMILES string of the molecule is O=c1[nH]ccc2nc(Nc3c(Cl)cc(OC(F)(F)F)cc3Cl)c3c(c12)=CNCC=3. The van der Waals surface area contributed by atoms with Crippen molar-refractivity contribution in [1.82, 2.24) is 15.3 Å². The number of halogens is 5. The maximum atomic E-state index is 12.4. The summed E-state index contributed by atoms with van der Waals surface area (Å²) in [4.78, 5) is 19.3. The predicted molar refractivity (Wildman–Crippen MR) is 105 cm³/mol. The number of nitrogens with zero attached hydrogens (tertiary/aromatic N) is 1. The first-order valence-corrected chi connectivity index (χ1v) is 8.95. The van der Waals surface area contributed by atoms with Gasteiger partial charge in [0.15, 0.2) is 0 Å². The van der Waals surface area contributed by atoms with Crippen molar-refractivity contribution in [3.8, 4) is 5.75 Å². The van der Waals surface area contributed by atoms with E-state index in [2.05, 4.69) is 25.3 Å². The molecule has 11 heteroatoms. The van der Waals surface area contributed by atoms with Crippen LogP contribution in [-0.4, -0.2) is 22.9 Å². The van der Waals surface area contributed by atoms with E-state index in [4.69, 9.17) is 23.2 Å². The number of ether oxygens (including phenoxy) is 1. The largest absolute Gasteiger partial charge is 0.573 e. The molecular formula is C18H11Cl2F3N4O2. The number of alkyl halides is 3. The number of benzene rings is 1. The molecule has 0 fully saturated rings. The molecule has 150 valence electrons. The number of aromatic nitrogens is 2. The summed E-state index contributed by atoms with van der Waals surface area (Å²) in [5.41, 5.74) is 0.289. The Hall–Kier alpha value is -2.91. The van der Waals surface area contributed by atoms with Crippen molar-refractivity contribution in [1.29, 1.82) is 0 Å². The van der Waals surface area contributed by atoms with Gasteiger partial charge in [0, 0.05) is 41.5 Å². The Kier molecular flexibility index (Phi) is 4.79. The lowest BCUT2D eigenvalue weighted by molar-refractivity contribution is -0.274. The number of anilines is 2. The molecule has 1 aromatic carbocycles. The number of fused-ring (bicyclic) bond motifs is 3. The highest BCUT2D eigenvalue weighted by Gasteiger charge is 2.31. The molecule has 3 heterocycles. The summed E-state index contributed by atoms with van der Waals surface area (Å²) in [7, 11) is 0. The molecule has 4 rings (SSSR count). The molecule has 29 heavy (non-hydrogen) atoms. The molecule has 0 saturated carbocycles. The zero-order valence-corrected chi connectivity index (χ0v) is 15.8. The van der Waals surface area contributed by atoms with Crippen molar-refractivity contribution < 1.29 is 17.9 Å². The van der Waals surface area contributed by atoms with Crippen molar-refractivity contribution in [2.75, 3.05) is 11.9 Å². The maximum absolute atomic E-state index is 12.4. The minimum Gasteiger partial charge on any atom is -0.406 e. The van der Waals surface area contributed by atoms with Crippen molar-refractivity contribution in [2.45, 2.75) is 6.36 Å². The molecule has 0 atom stereocenters. The van der Waals surface area contributed by atoms with Crippen LogP contribution >= 0.6 is 23.2 Å². The van der Waals surface area contributed by atoms with Crippen LogP contribution in [0.4, 0.5) is 24.7 Å². The van der Waals surface area contributed by atoms with Crippen LogP contribution in [0.25, 0.3) is 23.2 Å². The fourth-order valence-electron chi connectivity index (χ4n) is 3.02. The molecule has 3 N–H and O–H groups in total. The third-order valence-corrected chi connectivity index (χ3v) is 4.74. The van der Waals surface area contributed by atoms with Crippen LogP contribution < -0.4 is 31.4 Å². The standard InChI is InChI=1S/C18H11Cl2F3N4O2/c19-11-5-8(29-18(21,22)23)6-12(20)15(11)27-16-9-1-3-24-7-10(9)14-13(26-16)2-4-25-17(14)28/h1-2,4-7,24H,3H2,(H,25,28)(H,26,27). The molecule has 0 aliphatic carbocycles. The Bertz CT molecular complexity index is 1280.